The van der Waals surface area contributed by atoms with Crippen molar-refractivity contribution < 1.29 is 4.74 Å². The molecule has 94 valence electrons. The Balaban J connectivity index is 1.94. The third-order valence-electron chi connectivity index (χ3n) is 3.11. The monoisotopic (exact) mass is 245 g/mol. The van der Waals surface area contributed by atoms with Gasteiger partial charge in [0, 0.05) is 18.7 Å². The quantitative estimate of drug-likeness (QED) is 0.815. The largest absolute Gasteiger partial charge is 0.382 e. The zero-order valence-corrected chi connectivity index (χ0v) is 9.97. The maximum Gasteiger partial charge on any atom is 0.222 e. The van der Waals surface area contributed by atoms with Crippen molar-refractivity contribution in [1.29, 1.82) is 0 Å². The van der Waals surface area contributed by atoms with Gasteiger partial charge < -0.3 is 16.2 Å². The lowest BCUT2D eigenvalue weighted by atomic mass is 10.1. The first-order valence-corrected chi connectivity index (χ1v) is 6.02. The average Bonchev–Trinajstić information content (AvgIpc) is 2.83. The molecule has 0 bridgehead atoms. The van der Waals surface area contributed by atoms with Crippen molar-refractivity contribution in [2.45, 2.75) is 25.4 Å². The van der Waals surface area contributed by atoms with Crippen LogP contribution in [0.5, 0.6) is 0 Å². The van der Waals surface area contributed by atoms with Gasteiger partial charge >= 0.3 is 0 Å². The number of hydrogen-bond acceptors (Lipinski definition) is 6. The molecule has 1 fully saturated rings. The van der Waals surface area contributed by atoms with Crippen LogP contribution in [-0.4, -0.2) is 27.7 Å². The Morgan fingerprint density at radius 2 is 2.11 bits per heavy atom. The summed E-state index contributed by atoms with van der Waals surface area (Å²) in [5.74, 6) is 0.500. The Bertz CT molecular complexity index is 580. The van der Waals surface area contributed by atoms with Crippen molar-refractivity contribution >= 4 is 22.8 Å². The molecule has 1 aliphatic heterocycles. The summed E-state index contributed by atoms with van der Waals surface area (Å²) in [4.78, 5) is 12.5. The summed E-state index contributed by atoms with van der Waals surface area (Å²) in [5.41, 5.74) is 13.6. The van der Waals surface area contributed by atoms with Crippen molar-refractivity contribution in [3.8, 4) is 0 Å². The summed E-state index contributed by atoms with van der Waals surface area (Å²) in [6.45, 7) is 0.847. The zero-order valence-electron chi connectivity index (χ0n) is 9.97. The van der Waals surface area contributed by atoms with E-state index < -0.39 is 0 Å². The lowest BCUT2D eigenvalue weighted by molar-refractivity contribution is 0.111. The van der Waals surface area contributed by atoms with Crippen LogP contribution < -0.4 is 11.5 Å². The van der Waals surface area contributed by atoms with E-state index in [9.17, 15) is 0 Å². The summed E-state index contributed by atoms with van der Waals surface area (Å²) >= 11 is 0. The van der Waals surface area contributed by atoms with Crippen LogP contribution in [0.3, 0.4) is 0 Å². The van der Waals surface area contributed by atoms with E-state index in [1.165, 1.54) is 0 Å². The van der Waals surface area contributed by atoms with E-state index in [1.54, 1.807) is 0 Å². The molecule has 0 aliphatic carbocycles. The van der Waals surface area contributed by atoms with Crippen LogP contribution in [0.25, 0.3) is 11.0 Å². The van der Waals surface area contributed by atoms with Crippen LogP contribution >= 0.6 is 0 Å². The van der Waals surface area contributed by atoms with Crippen molar-refractivity contribution in [2.75, 3.05) is 18.1 Å². The van der Waals surface area contributed by atoms with Gasteiger partial charge in [-0.25, -0.2) is 9.97 Å². The van der Waals surface area contributed by atoms with Gasteiger partial charge in [-0.3, -0.25) is 0 Å². The van der Waals surface area contributed by atoms with E-state index in [1.807, 2.05) is 12.1 Å². The number of anilines is 2. The molecule has 0 radical (unpaired) electrons. The first-order chi connectivity index (χ1) is 8.72. The number of hydrogen-bond donors (Lipinski definition) is 2. The highest BCUT2D eigenvalue weighted by Gasteiger charge is 2.17. The third-order valence-corrected chi connectivity index (χ3v) is 3.11. The van der Waals surface area contributed by atoms with Crippen LogP contribution in [0, 0.1) is 0 Å². The molecule has 0 saturated carbocycles. The molecule has 1 aliphatic rings. The summed E-state index contributed by atoms with van der Waals surface area (Å²) < 4.78 is 5.60. The fourth-order valence-electron chi connectivity index (χ4n) is 2.25. The van der Waals surface area contributed by atoms with E-state index in [-0.39, 0.29) is 12.1 Å². The number of fused-ring (bicyclic) bond motifs is 1. The molecule has 3 heterocycles. The minimum absolute atomic E-state index is 0.175. The first kappa shape index (κ1) is 11.2. The number of rotatable bonds is 2. The second-order valence-corrected chi connectivity index (χ2v) is 4.48. The molecule has 0 aromatic carbocycles. The second-order valence-electron chi connectivity index (χ2n) is 4.48. The van der Waals surface area contributed by atoms with Crippen molar-refractivity contribution in [3.05, 3.63) is 17.8 Å². The molecule has 1 atom stereocenters. The Morgan fingerprint density at radius 1 is 1.22 bits per heavy atom. The number of nitrogen functional groups attached to an aromatic ring is 2. The van der Waals surface area contributed by atoms with E-state index in [0.29, 0.717) is 16.9 Å². The molecule has 6 nitrogen and oxygen atoms in total. The van der Waals surface area contributed by atoms with Crippen LogP contribution in [0.1, 0.15) is 18.5 Å². The van der Waals surface area contributed by atoms with Crippen LogP contribution in [0.15, 0.2) is 12.1 Å². The topological polar surface area (TPSA) is 99.9 Å². The van der Waals surface area contributed by atoms with Crippen molar-refractivity contribution in [3.63, 3.8) is 0 Å². The van der Waals surface area contributed by atoms with Gasteiger partial charge in [0.15, 0.2) is 5.82 Å². The SMILES string of the molecule is Nc1nc(N)c2nc(CC3CCCO3)ccc2n1. The number of nitrogens with zero attached hydrogens (tertiary/aromatic N) is 3. The van der Waals surface area contributed by atoms with Gasteiger partial charge in [-0.2, -0.15) is 4.98 Å². The maximum absolute atomic E-state index is 5.81. The zero-order chi connectivity index (χ0) is 12.5. The maximum atomic E-state index is 5.81. The molecule has 18 heavy (non-hydrogen) atoms. The van der Waals surface area contributed by atoms with Gasteiger partial charge in [0.25, 0.3) is 0 Å². The highest BCUT2D eigenvalue weighted by Crippen LogP contribution is 2.20. The predicted octanol–water partition coefficient (Wildman–Crippen LogP) is 0.911. The summed E-state index contributed by atoms with van der Waals surface area (Å²) in [7, 11) is 0. The fourth-order valence-corrected chi connectivity index (χ4v) is 2.25. The number of ether oxygens (including phenoxy) is 1. The van der Waals surface area contributed by atoms with Crippen LogP contribution in [-0.2, 0) is 11.2 Å². The van der Waals surface area contributed by atoms with Gasteiger partial charge in [-0.15, -0.1) is 0 Å². The Labute approximate surface area is 104 Å². The molecule has 6 heteroatoms. The molecule has 1 saturated heterocycles. The lowest BCUT2D eigenvalue weighted by Gasteiger charge is -2.09. The summed E-state index contributed by atoms with van der Waals surface area (Å²) in [6, 6.07) is 3.82. The Kier molecular flexibility index (Phi) is 2.71. The minimum atomic E-state index is 0.175. The molecule has 1 unspecified atom stereocenters. The highest BCUT2D eigenvalue weighted by atomic mass is 16.5. The standard InChI is InChI=1S/C12H15N5O/c13-11-10-9(16-12(14)17-11)4-3-7(15-10)6-8-2-1-5-18-8/h3-4,8H,1-2,5-6H2,(H4,13,14,16,17). The molecule has 4 N–H and O–H groups in total. The molecule has 3 rings (SSSR count). The number of nitrogens with two attached hydrogens (primary N) is 2. The minimum Gasteiger partial charge on any atom is -0.382 e. The van der Waals surface area contributed by atoms with Gasteiger partial charge in [-0.1, -0.05) is 0 Å². The lowest BCUT2D eigenvalue weighted by Crippen LogP contribution is -2.10. The second kappa shape index (κ2) is 4.38. The van der Waals surface area contributed by atoms with Gasteiger partial charge in [-0.05, 0) is 25.0 Å². The smallest absolute Gasteiger partial charge is 0.222 e. The molecule has 0 amide bonds. The molecular formula is C12H15N5O. The Morgan fingerprint density at radius 3 is 2.89 bits per heavy atom. The third kappa shape index (κ3) is 2.06. The average molecular weight is 245 g/mol. The molecule has 0 spiro atoms. The van der Waals surface area contributed by atoms with Gasteiger partial charge in [0.1, 0.15) is 5.52 Å². The molecule has 2 aromatic heterocycles. The number of pyridine rings is 1. The van der Waals surface area contributed by atoms with E-state index in [4.69, 9.17) is 16.2 Å². The van der Waals surface area contributed by atoms with Crippen LogP contribution in [0.4, 0.5) is 11.8 Å². The van der Waals surface area contributed by atoms with Gasteiger partial charge in [0.2, 0.25) is 5.95 Å². The Hall–Kier alpha value is -1.95. The van der Waals surface area contributed by atoms with E-state index in [2.05, 4.69) is 15.0 Å². The van der Waals surface area contributed by atoms with Crippen molar-refractivity contribution in [1.82, 2.24) is 15.0 Å². The highest BCUT2D eigenvalue weighted by molar-refractivity contribution is 5.84. The summed E-state index contributed by atoms with van der Waals surface area (Å²) in [5, 5.41) is 0. The first-order valence-electron chi connectivity index (χ1n) is 6.02. The summed E-state index contributed by atoms with van der Waals surface area (Å²) in [6.07, 6.45) is 3.29. The van der Waals surface area contributed by atoms with Gasteiger partial charge in [0.05, 0.1) is 11.6 Å². The normalized spacial score (nSPS) is 19.4. The fraction of sp³-hybridized carbons (Fsp3) is 0.417. The molecular weight excluding hydrogens is 230 g/mol. The van der Waals surface area contributed by atoms with E-state index in [0.717, 1.165) is 31.6 Å². The van der Waals surface area contributed by atoms with Crippen molar-refractivity contribution in [2.24, 2.45) is 0 Å². The molecule has 2 aromatic rings. The number of aromatic nitrogens is 3. The van der Waals surface area contributed by atoms with E-state index >= 15 is 0 Å². The predicted molar refractivity (Wildman–Crippen MR) is 68.8 cm³/mol. The van der Waals surface area contributed by atoms with Crippen LogP contribution in [0.2, 0.25) is 0 Å².